The molecule has 1 aromatic carbocycles. The molecule has 3 rings (SSSR count). The third kappa shape index (κ3) is 5.43. The van der Waals surface area contributed by atoms with Crippen LogP contribution in [0.5, 0.6) is 0 Å². The first kappa shape index (κ1) is 18.7. The molecule has 3 N–H and O–H groups in total. The summed E-state index contributed by atoms with van der Waals surface area (Å²) in [6.45, 7) is 0.446. The number of nitrogens with one attached hydrogen (secondary N) is 3. The molecule has 0 amide bonds. The van der Waals surface area contributed by atoms with Gasteiger partial charge in [-0.3, -0.25) is 4.98 Å². The van der Waals surface area contributed by atoms with Gasteiger partial charge in [0.25, 0.3) is 0 Å². The molecule has 0 bridgehead atoms. The number of anilines is 3. The van der Waals surface area contributed by atoms with Gasteiger partial charge in [0.2, 0.25) is 10.0 Å². The van der Waals surface area contributed by atoms with Crippen molar-refractivity contribution >= 4 is 27.3 Å². The minimum atomic E-state index is -3.68. The van der Waals surface area contributed by atoms with Crippen LogP contribution in [0.4, 0.5) is 21.7 Å². The standard InChI is InChI=1S/C17H17FN6O2S/c18-13-3-5-15(6-4-13)27(25,26)21-11-10-20-16-7-8-17(24-23-16)22-14-2-1-9-19-12-14/h1-9,12,21H,10-11H2,(H,20,23)(H,22,24). The molecule has 0 saturated heterocycles. The molecule has 0 fully saturated rings. The van der Waals surface area contributed by atoms with Crippen molar-refractivity contribution in [2.24, 2.45) is 0 Å². The number of pyridine rings is 1. The Balaban J connectivity index is 1.47. The fourth-order valence-electron chi connectivity index (χ4n) is 2.15. The van der Waals surface area contributed by atoms with Gasteiger partial charge in [0.05, 0.1) is 16.8 Å². The van der Waals surface area contributed by atoms with Crippen LogP contribution in [0.3, 0.4) is 0 Å². The number of benzene rings is 1. The Bertz CT molecular complexity index is 967. The summed E-state index contributed by atoms with van der Waals surface area (Å²) in [5.41, 5.74) is 0.794. The van der Waals surface area contributed by atoms with E-state index in [0.717, 1.165) is 17.8 Å². The number of halogens is 1. The zero-order valence-electron chi connectivity index (χ0n) is 14.1. The quantitative estimate of drug-likeness (QED) is 0.507. The van der Waals surface area contributed by atoms with Gasteiger partial charge in [-0.1, -0.05) is 0 Å². The smallest absolute Gasteiger partial charge is 0.240 e. The summed E-state index contributed by atoms with van der Waals surface area (Å²) < 4.78 is 39.4. The van der Waals surface area contributed by atoms with Gasteiger partial charge >= 0.3 is 0 Å². The van der Waals surface area contributed by atoms with E-state index in [1.807, 2.05) is 6.07 Å². The van der Waals surface area contributed by atoms with Crippen LogP contribution in [0, 0.1) is 5.82 Å². The van der Waals surface area contributed by atoms with Crippen LogP contribution in [0.25, 0.3) is 0 Å². The fraction of sp³-hybridized carbons (Fsp3) is 0.118. The highest BCUT2D eigenvalue weighted by molar-refractivity contribution is 7.89. The maximum Gasteiger partial charge on any atom is 0.240 e. The Morgan fingerprint density at radius 1 is 0.926 bits per heavy atom. The van der Waals surface area contributed by atoms with Crippen molar-refractivity contribution in [1.29, 1.82) is 0 Å². The molecule has 0 unspecified atom stereocenters. The second-order valence-electron chi connectivity index (χ2n) is 5.45. The van der Waals surface area contributed by atoms with Gasteiger partial charge in [-0.25, -0.2) is 17.5 Å². The first-order valence-corrected chi connectivity index (χ1v) is 9.51. The Morgan fingerprint density at radius 3 is 2.33 bits per heavy atom. The number of nitrogens with zero attached hydrogens (tertiary/aromatic N) is 3. The predicted octanol–water partition coefficient (Wildman–Crippen LogP) is 2.14. The molecule has 0 saturated carbocycles. The van der Waals surface area contributed by atoms with Gasteiger partial charge in [0.15, 0.2) is 5.82 Å². The van der Waals surface area contributed by atoms with Crippen molar-refractivity contribution in [3.8, 4) is 0 Å². The van der Waals surface area contributed by atoms with Crippen molar-refractivity contribution < 1.29 is 12.8 Å². The van der Waals surface area contributed by atoms with E-state index >= 15 is 0 Å². The maximum absolute atomic E-state index is 12.9. The van der Waals surface area contributed by atoms with Crippen LogP contribution in [-0.4, -0.2) is 36.7 Å². The van der Waals surface area contributed by atoms with Crippen LogP contribution in [0.15, 0.2) is 65.8 Å². The van der Waals surface area contributed by atoms with E-state index in [4.69, 9.17) is 0 Å². The van der Waals surface area contributed by atoms with Gasteiger partial charge in [-0.2, -0.15) is 0 Å². The van der Waals surface area contributed by atoms with Crippen LogP contribution in [-0.2, 0) is 10.0 Å². The lowest BCUT2D eigenvalue weighted by Crippen LogP contribution is -2.29. The first-order valence-electron chi connectivity index (χ1n) is 8.03. The van der Waals surface area contributed by atoms with Crippen molar-refractivity contribution in [2.45, 2.75) is 4.90 Å². The van der Waals surface area contributed by atoms with Crippen molar-refractivity contribution in [3.63, 3.8) is 0 Å². The molecule has 0 aliphatic rings. The van der Waals surface area contributed by atoms with E-state index in [1.165, 1.54) is 12.1 Å². The summed E-state index contributed by atoms with van der Waals surface area (Å²) in [5.74, 6) is 0.578. The minimum Gasteiger partial charge on any atom is -0.367 e. The monoisotopic (exact) mass is 388 g/mol. The Labute approximate surface area is 155 Å². The highest BCUT2D eigenvalue weighted by Gasteiger charge is 2.12. The molecule has 3 aromatic rings. The zero-order valence-corrected chi connectivity index (χ0v) is 14.9. The average Bonchev–Trinajstić information content (AvgIpc) is 2.68. The molecule has 2 heterocycles. The lowest BCUT2D eigenvalue weighted by molar-refractivity contribution is 0.582. The van der Waals surface area contributed by atoms with E-state index in [9.17, 15) is 12.8 Å². The molecule has 0 spiro atoms. The summed E-state index contributed by atoms with van der Waals surface area (Å²) in [5, 5.41) is 14.1. The minimum absolute atomic E-state index is 0.00882. The number of hydrogen-bond donors (Lipinski definition) is 3. The molecule has 2 aromatic heterocycles. The number of hydrogen-bond acceptors (Lipinski definition) is 7. The molecule has 8 nitrogen and oxygen atoms in total. The summed E-state index contributed by atoms with van der Waals surface area (Å²) in [6, 6.07) is 11.8. The Kier molecular flexibility index (Phi) is 5.89. The normalized spacial score (nSPS) is 11.1. The van der Waals surface area contributed by atoms with E-state index in [1.54, 1.807) is 30.6 Å². The average molecular weight is 388 g/mol. The first-order chi connectivity index (χ1) is 13.0. The number of sulfonamides is 1. The molecular formula is C17H17FN6O2S. The number of aromatic nitrogens is 3. The topological polar surface area (TPSA) is 109 Å². The summed E-state index contributed by atoms with van der Waals surface area (Å²) in [7, 11) is -3.68. The van der Waals surface area contributed by atoms with Crippen molar-refractivity contribution in [2.75, 3.05) is 23.7 Å². The van der Waals surface area contributed by atoms with Crippen molar-refractivity contribution in [3.05, 3.63) is 66.7 Å². The Hall–Kier alpha value is -3.11. The SMILES string of the molecule is O=S(=O)(NCCNc1ccc(Nc2cccnc2)nn1)c1ccc(F)cc1. The van der Waals surface area contributed by atoms with E-state index in [-0.39, 0.29) is 11.4 Å². The van der Waals surface area contributed by atoms with Gasteiger partial charge in [0.1, 0.15) is 11.6 Å². The van der Waals surface area contributed by atoms with E-state index < -0.39 is 15.8 Å². The molecule has 0 atom stereocenters. The molecule has 10 heteroatoms. The summed E-state index contributed by atoms with van der Waals surface area (Å²) in [6.07, 6.45) is 3.34. The molecule has 27 heavy (non-hydrogen) atoms. The molecular weight excluding hydrogens is 371 g/mol. The van der Waals surface area contributed by atoms with E-state index in [0.29, 0.717) is 18.2 Å². The predicted molar refractivity (Wildman–Crippen MR) is 99.6 cm³/mol. The fourth-order valence-corrected chi connectivity index (χ4v) is 3.18. The summed E-state index contributed by atoms with van der Waals surface area (Å²) in [4.78, 5) is 4.01. The van der Waals surface area contributed by atoms with Gasteiger partial charge < -0.3 is 10.6 Å². The molecule has 0 aliphatic carbocycles. The van der Waals surface area contributed by atoms with Crippen LogP contribution < -0.4 is 15.4 Å². The highest BCUT2D eigenvalue weighted by atomic mass is 32.2. The van der Waals surface area contributed by atoms with E-state index in [2.05, 4.69) is 30.5 Å². The highest BCUT2D eigenvalue weighted by Crippen LogP contribution is 2.13. The van der Waals surface area contributed by atoms with Gasteiger partial charge in [0, 0.05) is 19.3 Å². The van der Waals surface area contributed by atoms with Crippen LogP contribution in [0.1, 0.15) is 0 Å². The molecule has 0 radical (unpaired) electrons. The molecule has 140 valence electrons. The molecule has 0 aliphatic heterocycles. The van der Waals surface area contributed by atoms with Crippen LogP contribution in [0.2, 0.25) is 0 Å². The van der Waals surface area contributed by atoms with Crippen molar-refractivity contribution in [1.82, 2.24) is 19.9 Å². The third-order valence-electron chi connectivity index (χ3n) is 3.45. The lowest BCUT2D eigenvalue weighted by Gasteiger charge is -2.09. The zero-order chi connectivity index (χ0) is 19.1. The van der Waals surface area contributed by atoms with Gasteiger partial charge in [-0.15, -0.1) is 10.2 Å². The largest absolute Gasteiger partial charge is 0.367 e. The second-order valence-corrected chi connectivity index (χ2v) is 7.22. The van der Waals surface area contributed by atoms with Gasteiger partial charge in [-0.05, 0) is 48.5 Å². The Morgan fingerprint density at radius 2 is 1.67 bits per heavy atom. The second kappa shape index (κ2) is 8.52. The third-order valence-corrected chi connectivity index (χ3v) is 4.92. The lowest BCUT2D eigenvalue weighted by atomic mass is 10.4. The van der Waals surface area contributed by atoms with Crippen LogP contribution >= 0.6 is 0 Å². The summed E-state index contributed by atoms with van der Waals surface area (Å²) >= 11 is 0. The number of rotatable bonds is 8. The maximum atomic E-state index is 12.9.